The van der Waals surface area contributed by atoms with E-state index in [4.69, 9.17) is 0 Å². The maximum Gasteiger partial charge on any atom is 0.233 e. The minimum Gasteiger partial charge on any atom is -0.335 e. The van der Waals surface area contributed by atoms with Crippen LogP contribution in [0.1, 0.15) is 24.4 Å². The van der Waals surface area contributed by atoms with Gasteiger partial charge in [0.15, 0.2) is 0 Å². The van der Waals surface area contributed by atoms with Crippen LogP contribution in [-0.4, -0.2) is 23.1 Å². The lowest BCUT2D eigenvalue weighted by atomic mass is 10.0. The monoisotopic (exact) mass is 315 g/mol. The first-order chi connectivity index (χ1) is 10.8. The van der Waals surface area contributed by atoms with Gasteiger partial charge in [0.2, 0.25) is 5.91 Å². The van der Waals surface area contributed by atoms with Crippen LogP contribution >= 0.6 is 11.8 Å². The topological polar surface area (TPSA) is 20.3 Å². The number of rotatable bonds is 4. The molecular weight excluding hydrogens is 297 g/mol. The zero-order chi connectivity index (χ0) is 15.4. The molecule has 1 unspecified atom stereocenters. The molecule has 0 aromatic heterocycles. The lowest BCUT2D eigenvalue weighted by Crippen LogP contribution is -2.31. The van der Waals surface area contributed by atoms with Gasteiger partial charge in [-0.1, -0.05) is 42.5 Å². The summed E-state index contributed by atoms with van der Waals surface area (Å²) in [6.45, 7) is 0.788. The minimum absolute atomic E-state index is 0.0830. The number of hydrogen-bond acceptors (Lipinski definition) is 2. The van der Waals surface area contributed by atoms with E-state index in [0.29, 0.717) is 4.90 Å². The van der Waals surface area contributed by atoms with Crippen LogP contribution in [0.5, 0.6) is 0 Å². The van der Waals surface area contributed by atoms with Gasteiger partial charge in [0.05, 0.1) is 11.8 Å². The van der Waals surface area contributed by atoms with Crippen LogP contribution in [-0.2, 0) is 4.79 Å². The Morgan fingerprint density at radius 2 is 1.86 bits per heavy atom. The zero-order valence-electron chi connectivity index (χ0n) is 12.2. The Morgan fingerprint density at radius 1 is 1.14 bits per heavy atom. The maximum atomic E-state index is 13.6. The lowest BCUT2D eigenvalue weighted by Gasteiger charge is -2.25. The first-order valence-corrected chi connectivity index (χ1v) is 8.46. The summed E-state index contributed by atoms with van der Waals surface area (Å²) in [5.41, 5.74) is 1.18. The molecule has 0 spiro atoms. The number of carbonyl (C=O) groups is 1. The van der Waals surface area contributed by atoms with Gasteiger partial charge in [-0.2, -0.15) is 0 Å². The summed E-state index contributed by atoms with van der Waals surface area (Å²) in [6.07, 6.45) is 2.02. The highest BCUT2D eigenvalue weighted by Gasteiger charge is 2.29. The number of benzene rings is 2. The third kappa shape index (κ3) is 3.33. The minimum atomic E-state index is -0.263. The van der Waals surface area contributed by atoms with Crippen LogP contribution in [0.15, 0.2) is 59.5 Å². The van der Waals surface area contributed by atoms with Gasteiger partial charge in [0, 0.05) is 11.4 Å². The molecular formula is C18H18FNOS. The van der Waals surface area contributed by atoms with Crippen LogP contribution in [0.3, 0.4) is 0 Å². The Balaban J connectivity index is 1.65. The highest BCUT2D eigenvalue weighted by molar-refractivity contribution is 8.00. The first-order valence-electron chi connectivity index (χ1n) is 7.47. The van der Waals surface area contributed by atoms with Crippen molar-refractivity contribution in [1.82, 2.24) is 4.90 Å². The summed E-state index contributed by atoms with van der Waals surface area (Å²) in [7, 11) is 0. The van der Waals surface area contributed by atoms with E-state index in [1.807, 2.05) is 23.1 Å². The fraction of sp³-hybridized carbons (Fsp3) is 0.278. The van der Waals surface area contributed by atoms with Crippen molar-refractivity contribution < 1.29 is 9.18 Å². The van der Waals surface area contributed by atoms with Crippen molar-refractivity contribution >= 4 is 17.7 Å². The van der Waals surface area contributed by atoms with Crippen LogP contribution in [0.4, 0.5) is 4.39 Å². The van der Waals surface area contributed by atoms with Crippen molar-refractivity contribution in [1.29, 1.82) is 0 Å². The predicted molar refractivity (Wildman–Crippen MR) is 87.3 cm³/mol. The number of likely N-dealkylation sites (tertiary alicyclic amines) is 1. The summed E-state index contributed by atoms with van der Waals surface area (Å²) in [6, 6.07) is 16.9. The van der Waals surface area contributed by atoms with E-state index in [9.17, 15) is 9.18 Å². The number of hydrogen-bond donors (Lipinski definition) is 0. The van der Waals surface area contributed by atoms with Gasteiger partial charge >= 0.3 is 0 Å². The lowest BCUT2D eigenvalue weighted by molar-refractivity contribution is -0.129. The number of nitrogens with zero attached hydrogens (tertiary/aromatic N) is 1. The molecule has 1 fully saturated rings. The van der Waals surface area contributed by atoms with E-state index in [1.54, 1.807) is 18.2 Å². The summed E-state index contributed by atoms with van der Waals surface area (Å²) in [5.74, 6) is 0.102. The molecule has 1 amide bonds. The Morgan fingerprint density at radius 3 is 2.64 bits per heavy atom. The van der Waals surface area contributed by atoms with Crippen molar-refractivity contribution in [2.75, 3.05) is 12.3 Å². The third-order valence-electron chi connectivity index (χ3n) is 3.95. The van der Waals surface area contributed by atoms with Crippen molar-refractivity contribution in [2.45, 2.75) is 23.8 Å². The second kappa shape index (κ2) is 6.97. The van der Waals surface area contributed by atoms with Gasteiger partial charge < -0.3 is 4.90 Å². The molecule has 3 rings (SSSR count). The largest absolute Gasteiger partial charge is 0.335 e. The Labute approximate surface area is 134 Å². The van der Waals surface area contributed by atoms with E-state index >= 15 is 0 Å². The molecule has 1 saturated heterocycles. The Hall–Kier alpha value is -1.81. The molecule has 2 aromatic rings. The molecule has 1 heterocycles. The van der Waals surface area contributed by atoms with E-state index in [2.05, 4.69) is 12.1 Å². The van der Waals surface area contributed by atoms with Crippen LogP contribution < -0.4 is 0 Å². The molecule has 114 valence electrons. The number of halogens is 1. The summed E-state index contributed by atoms with van der Waals surface area (Å²) in [4.78, 5) is 15.0. The van der Waals surface area contributed by atoms with E-state index < -0.39 is 0 Å². The molecule has 2 nitrogen and oxygen atoms in total. The maximum absolute atomic E-state index is 13.6. The molecule has 0 aliphatic carbocycles. The van der Waals surface area contributed by atoms with E-state index in [-0.39, 0.29) is 23.5 Å². The molecule has 1 aliphatic heterocycles. The van der Waals surface area contributed by atoms with Crippen molar-refractivity contribution in [3.05, 3.63) is 66.0 Å². The normalized spacial score (nSPS) is 17.7. The second-order valence-electron chi connectivity index (χ2n) is 5.37. The number of thioether (sulfide) groups is 1. The highest BCUT2D eigenvalue weighted by atomic mass is 32.2. The van der Waals surface area contributed by atoms with Crippen molar-refractivity contribution in [2.24, 2.45) is 0 Å². The van der Waals surface area contributed by atoms with Crippen LogP contribution in [0.2, 0.25) is 0 Å². The Kier molecular flexibility index (Phi) is 4.78. The molecule has 1 atom stereocenters. The zero-order valence-corrected chi connectivity index (χ0v) is 13.1. The number of amides is 1. The van der Waals surface area contributed by atoms with E-state index in [1.165, 1.54) is 23.4 Å². The summed E-state index contributed by atoms with van der Waals surface area (Å²) < 4.78 is 13.6. The predicted octanol–water partition coefficient (Wildman–Crippen LogP) is 4.28. The molecule has 4 heteroatoms. The summed E-state index contributed by atoms with van der Waals surface area (Å²) >= 11 is 1.27. The smallest absolute Gasteiger partial charge is 0.233 e. The average Bonchev–Trinajstić information content (AvgIpc) is 3.04. The number of carbonyl (C=O) groups excluding carboxylic acids is 1. The summed E-state index contributed by atoms with van der Waals surface area (Å²) in [5, 5.41) is 0. The van der Waals surface area contributed by atoms with Gasteiger partial charge in [-0.3, -0.25) is 4.79 Å². The standard InChI is InChI=1S/C18H18FNOS/c19-15-9-4-5-11-17(15)22-13-18(21)20-12-6-10-16(20)14-7-2-1-3-8-14/h1-5,7-9,11,16H,6,10,12-13H2. The SMILES string of the molecule is O=C(CSc1ccccc1F)N1CCCC1c1ccccc1. The highest BCUT2D eigenvalue weighted by Crippen LogP contribution is 2.33. The third-order valence-corrected chi connectivity index (χ3v) is 4.98. The van der Waals surface area contributed by atoms with Gasteiger partial charge in [-0.15, -0.1) is 11.8 Å². The fourth-order valence-electron chi connectivity index (χ4n) is 2.87. The van der Waals surface area contributed by atoms with Crippen molar-refractivity contribution in [3.8, 4) is 0 Å². The molecule has 0 saturated carbocycles. The second-order valence-corrected chi connectivity index (χ2v) is 6.39. The van der Waals surface area contributed by atoms with Crippen LogP contribution in [0, 0.1) is 5.82 Å². The molecule has 22 heavy (non-hydrogen) atoms. The fourth-order valence-corrected chi connectivity index (χ4v) is 3.70. The van der Waals surface area contributed by atoms with Gasteiger partial charge in [-0.25, -0.2) is 4.39 Å². The molecule has 1 aliphatic rings. The molecule has 0 bridgehead atoms. The van der Waals surface area contributed by atoms with Gasteiger partial charge in [0.25, 0.3) is 0 Å². The molecule has 0 N–H and O–H groups in total. The first kappa shape index (κ1) is 15.1. The quantitative estimate of drug-likeness (QED) is 0.785. The van der Waals surface area contributed by atoms with Gasteiger partial charge in [-0.05, 0) is 30.5 Å². The Bertz CT molecular complexity index is 647. The van der Waals surface area contributed by atoms with Gasteiger partial charge in [0.1, 0.15) is 5.82 Å². The molecule has 0 radical (unpaired) electrons. The average molecular weight is 315 g/mol. The van der Waals surface area contributed by atoms with Crippen LogP contribution in [0.25, 0.3) is 0 Å². The molecule has 2 aromatic carbocycles. The van der Waals surface area contributed by atoms with E-state index in [0.717, 1.165) is 19.4 Å². The van der Waals surface area contributed by atoms with Crippen molar-refractivity contribution in [3.63, 3.8) is 0 Å².